The van der Waals surface area contributed by atoms with Crippen molar-refractivity contribution < 1.29 is 9.59 Å². The smallest absolute Gasteiger partial charge is 0.249 e. The Hall–Kier alpha value is -1.06. The number of nitrogens with one attached hydrogen (secondary N) is 1. The molecule has 118 valence electrons. The average molecular weight is 292 g/mol. The van der Waals surface area contributed by atoms with Crippen LogP contribution < -0.4 is 5.32 Å². The van der Waals surface area contributed by atoms with E-state index < -0.39 is 5.54 Å². The lowest BCUT2D eigenvalue weighted by molar-refractivity contribution is -0.156. The van der Waals surface area contributed by atoms with Gasteiger partial charge in [0.2, 0.25) is 11.8 Å². The summed E-state index contributed by atoms with van der Waals surface area (Å²) in [5.41, 5.74) is -0.402. The number of amides is 2. The maximum Gasteiger partial charge on any atom is 0.249 e. The molecule has 2 atom stereocenters. The highest BCUT2D eigenvalue weighted by Crippen LogP contribution is 2.53. The number of nitrogens with zero attached hydrogens (tertiary/aromatic N) is 1. The van der Waals surface area contributed by atoms with E-state index in [1.54, 1.807) is 0 Å². The zero-order valence-electron chi connectivity index (χ0n) is 13.7. The molecule has 2 amide bonds. The van der Waals surface area contributed by atoms with E-state index in [4.69, 9.17) is 0 Å². The van der Waals surface area contributed by atoms with Gasteiger partial charge in [-0.3, -0.25) is 9.59 Å². The molecule has 0 bridgehead atoms. The topological polar surface area (TPSA) is 49.4 Å². The van der Waals surface area contributed by atoms with Crippen molar-refractivity contribution in [3.05, 3.63) is 0 Å². The Labute approximate surface area is 127 Å². The van der Waals surface area contributed by atoms with Gasteiger partial charge in [0, 0.05) is 6.54 Å². The molecule has 3 aliphatic rings. The zero-order chi connectivity index (χ0) is 15.4. The fourth-order valence-corrected chi connectivity index (χ4v) is 3.92. The maximum absolute atomic E-state index is 13.1. The number of carbonyl (C=O) groups excluding carboxylic acids is 2. The summed E-state index contributed by atoms with van der Waals surface area (Å²) >= 11 is 0. The SMILES string of the molecule is CCC1C(=O)NC(C)(C2CC2)C(=O)N1CC1(C(C)C)CC1. The molecule has 1 saturated heterocycles. The van der Waals surface area contributed by atoms with E-state index in [-0.39, 0.29) is 23.3 Å². The van der Waals surface area contributed by atoms with Crippen molar-refractivity contribution in [1.82, 2.24) is 10.2 Å². The van der Waals surface area contributed by atoms with E-state index in [9.17, 15) is 9.59 Å². The van der Waals surface area contributed by atoms with Crippen LogP contribution in [0.5, 0.6) is 0 Å². The Kier molecular flexibility index (Phi) is 3.34. The number of hydrogen-bond acceptors (Lipinski definition) is 2. The van der Waals surface area contributed by atoms with Gasteiger partial charge in [0.1, 0.15) is 11.6 Å². The first-order valence-corrected chi connectivity index (χ1v) is 8.47. The van der Waals surface area contributed by atoms with Crippen LogP contribution in [0.4, 0.5) is 0 Å². The highest BCUT2D eigenvalue weighted by molar-refractivity contribution is 6.00. The number of carbonyl (C=O) groups is 2. The van der Waals surface area contributed by atoms with Crippen molar-refractivity contribution in [2.75, 3.05) is 6.54 Å². The number of piperazine rings is 1. The van der Waals surface area contributed by atoms with Gasteiger partial charge < -0.3 is 10.2 Å². The predicted octanol–water partition coefficient (Wildman–Crippen LogP) is 2.33. The molecule has 3 fully saturated rings. The second-order valence-electron chi connectivity index (χ2n) is 7.84. The van der Waals surface area contributed by atoms with Gasteiger partial charge in [-0.1, -0.05) is 20.8 Å². The lowest BCUT2D eigenvalue weighted by Gasteiger charge is -2.46. The van der Waals surface area contributed by atoms with Crippen LogP contribution in [-0.2, 0) is 9.59 Å². The van der Waals surface area contributed by atoms with Crippen LogP contribution in [0.2, 0.25) is 0 Å². The molecule has 4 nitrogen and oxygen atoms in total. The minimum Gasteiger partial charge on any atom is -0.340 e. The Morgan fingerprint density at radius 2 is 1.90 bits per heavy atom. The van der Waals surface area contributed by atoms with Gasteiger partial charge in [-0.05, 0) is 56.3 Å². The Bertz CT molecular complexity index is 465. The largest absolute Gasteiger partial charge is 0.340 e. The third-order valence-electron chi connectivity index (χ3n) is 6.15. The monoisotopic (exact) mass is 292 g/mol. The lowest BCUT2D eigenvalue weighted by Crippen LogP contribution is -2.70. The summed E-state index contributed by atoms with van der Waals surface area (Å²) in [4.78, 5) is 27.5. The highest BCUT2D eigenvalue weighted by atomic mass is 16.2. The van der Waals surface area contributed by atoms with Gasteiger partial charge in [-0.25, -0.2) is 0 Å². The van der Waals surface area contributed by atoms with Gasteiger partial charge in [-0.2, -0.15) is 0 Å². The van der Waals surface area contributed by atoms with Crippen molar-refractivity contribution in [2.24, 2.45) is 17.3 Å². The summed E-state index contributed by atoms with van der Waals surface area (Å²) in [5, 5.41) is 3.04. The first-order chi connectivity index (χ1) is 9.84. The van der Waals surface area contributed by atoms with Gasteiger partial charge in [0.15, 0.2) is 0 Å². The molecular weight excluding hydrogens is 264 g/mol. The first-order valence-electron chi connectivity index (χ1n) is 8.47. The molecule has 1 N–H and O–H groups in total. The zero-order valence-corrected chi connectivity index (χ0v) is 13.7. The summed E-state index contributed by atoms with van der Waals surface area (Å²) < 4.78 is 0. The highest BCUT2D eigenvalue weighted by Gasteiger charge is 2.57. The Balaban J connectivity index is 1.86. The quantitative estimate of drug-likeness (QED) is 0.845. The molecule has 21 heavy (non-hydrogen) atoms. The third kappa shape index (κ3) is 2.27. The van der Waals surface area contributed by atoms with Crippen molar-refractivity contribution in [2.45, 2.75) is 71.4 Å². The molecule has 0 aromatic heterocycles. The lowest BCUT2D eigenvalue weighted by atomic mass is 9.85. The first kappa shape index (κ1) is 14.9. The van der Waals surface area contributed by atoms with Crippen molar-refractivity contribution in [3.8, 4) is 0 Å². The van der Waals surface area contributed by atoms with Crippen LogP contribution >= 0.6 is 0 Å². The standard InChI is InChI=1S/C17H28N2O2/c1-5-13-14(20)18-16(4,12-6-7-12)15(21)19(13)10-17(8-9-17)11(2)3/h11-13H,5-10H2,1-4H3,(H,18,20). The van der Waals surface area contributed by atoms with E-state index >= 15 is 0 Å². The third-order valence-corrected chi connectivity index (χ3v) is 6.15. The molecule has 0 aromatic carbocycles. The summed E-state index contributed by atoms with van der Waals surface area (Å²) in [6.45, 7) is 9.17. The van der Waals surface area contributed by atoms with Crippen molar-refractivity contribution >= 4 is 11.8 Å². The Morgan fingerprint density at radius 3 is 2.33 bits per heavy atom. The van der Waals surface area contributed by atoms with Crippen LogP contribution in [0, 0.1) is 17.3 Å². The van der Waals surface area contributed by atoms with E-state index in [0.29, 0.717) is 18.3 Å². The predicted molar refractivity (Wildman–Crippen MR) is 81.6 cm³/mol. The van der Waals surface area contributed by atoms with Gasteiger partial charge in [0.05, 0.1) is 0 Å². The van der Waals surface area contributed by atoms with Gasteiger partial charge in [0.25, 0.3) is 0 Å². The number of hydrogen-bond donors (Lipinski definition) is 1. The van der Waals surface area contributed by atoms with Gasteiger partial charge in [-0.15, -0.1) is 0 Å². The second kappa shape index (κ2) is 4.72. The summed E-state index contributed by atoms with van der Waals surface area (Å²) in [6, 6.07) is -0.277. The normalized spacial score (nSPS) is 35.1. The second-order valence-corrected chi connectivity index (χ2v) is 7.84. The summed E-state index contributed by atoms with van der Waals surface area (Å²) in [6.07, 6.45) is 5.19. The molecule has 4 heteroatoms. The molecule has 0 spiro atoms. The maximum atomic E-state index is 13.1. The molecular formula is C17H28N2O2. The van der Waals surface area contributed by atoms with E-state index in [0.717, 1.165) is 19.4 Å². The van der Waals surface area contributed by atoms with Crippen LogP contribution in [-0.4, -0.2) is 34.8 Å². The molecule has 0 aromatic rings. The molecule has 0 radical (unpaired) electrons. The molecule has 2 aliphatic carbocycles. The number of rotatable bonds is 5. The Morgan fingerprint density at radius 1 is 1.29 bits per heavy atom. The summed E-state index contributed by atoms with van der Waals surface area (Å²) in [5.74, 6) is 1.11. The molecule has 2 saturated carbocycles. The fraction of sp³-hybridized carbons (Fsp3) is 0.882. The minimum atomic E-state index is -0.657. The van der Waals surface area contributed by atoms with Crippen LogP contribution in [0.3, 0.4) is 0 Å². The van der Waals surface area contributed by atoms with Crippen molar-refractivity contribution in [3.63, 3.8) is 0 Å². The van der Waals surface area contributed by atoms with Crippen LogP contribution in [0.15, 0.2) is 0 Å². The van der Waals surface area contributed by atoms with Crippen molar-refractivity contribution in [1.29, 1.82) is 0 Å². The van der Waals surface area contributed by atoms with Crippen LogP contribution in [0.1, 0.15) is 59.8 Å². The molecule has 2 unspecified atom stereocenters. The molecule has 1 aliphatic heterocycles. The summed E-state index contributed by atoms with van der Waals surface area (Å²) in [7, 11) is 0. The van der Waals surface area contributed by atoms with E-state index in [2.05, 4.69) is 19.2 Å². The fourth-order valence-electron chi connectivity index (χ4n) is 3.92. The van der Waals surface area contributed by atoms with E-state index in [1.165, 1.54) is 12.8 Å². The average Bonchev–Trinajstić information content (AvgIpc) is 3.27. The van der Waals surface area contributed by atoms with Gasteiger partial charge >= 0.3 is 0 Å². The minimum absolute atomic E-state index is 0.0473. The van der Waals surface area contributed by atoms with E-state index in [1.807, 2.05) is 18.7 Å². The van der Waals surface area contributed by atoms with Crippen LogP contribution in [0.25, 0.3) is 0 Å². The molecule has 3 rings (SSSR count). The molecule has 1 heterocycles.